The summed E-state index contributed by atoms with van der Waals surface area (Å²) in [5.41, 5.74) is 3.64. The number of likely N-dealkylation sites (N-methyl/N-ethyl adjacent to an activating group) is 1. The third-order valence-electron chi connectivity index (χ3n) is 5.85. The lowest BCUT2D eigenvalue weighted by atomic mass is 9.97. The van der Waals surface area contributed by atoms with E-state index in [2.05, 4.69) is 22.2 Å². The summed E-state index contributed by atoms with van der Waals surface area (Å²) in [7, 11) is 3.63. The number of carbonyl (C=O) groups is 2. The molecule has 0 radical (unpaired) electrons. The van der Waals surface area contributed by atoms with Crippen molar-refractivity contribution in [3.05, 3.63) is 57.4 Å². The molecule has 2 aromatic rings. The van der Waals surface area contributed by atoms with Crippen molar-refractivity contribution in [3.63, 3.8) is 0 Å². The number of piperazine rings is 1. The molecule has 8 heteroatoms. The highest BCUT2D eigenvalue weighted by Crippen LogP contribution is 2.38. The Morgan fingerprint density at radius 1 is 1.37 bits per heavy atom. The average molecular weight is 429 g/mol. The molecule has 1 aromatic carbocycles. The molecule has 0 bridgehead atoms. The summed E-state index contributed by atoms with van der Waals surface area (Å²) in [6.45, 7) is 4.67. The van der Waals surface area contributed by atoms with Crippen LogP contribution in [-0.4, -0.2) is 73.0 Å². The van der Waals surface area contributed by atoms with Crippen molar-refractivity contribution in [2.45, 2.75) is 19.4 Å². The number of aromatic nitrogens is 1. The van der Waals surface area contributed by atoms with Crippen LogP contribution in [0.5, 0.6) is 5.75 Å². The highest BCUT2D eigenvalue weighted by molar-refractivity contribution is 6.33. The number of carbonyl (C=O) groups excluding carboxylic acids is 2. The van der Waals surface area contributed by atoms with Gasteiger partial charge in [-0.25, -0.2) is 0 Å². The van der Waals surface area contributed by atoms with E-state index in [0.29, 0.717) is 41.6 Å². The zero-order chi connectivity index (χ0) is 21.4. The lowest BCUT2D eigenvalue weighted by Gasteiger charge is -2.38. The van der Waals surface area contributed by atoms with E-state index in [1.165, 1.54) is 0 Å². The highest BCUT2D eigenvalue weighted by Gasteiger charge is 2.36. The van der Waals surface area contributed by atoms with Crippen LogP contribution in [-0.2, 0) is 6.42 Å². The largest absolute Gasteiger partial charge is 0.489 e. The Morgan fingerprint density at radius 3 is 2.87 bits per heavy atom. The van der Waals surface area contributed by atoms with E-state index < -0.39 is 0 Å². The molecule has 0 aliphatic carbocycles. The molecule has 2 amide bonds. The molecule has 2 aliphatic rings. The molecular weight excluding hydrogens is 404 g/mol. The molecule has 30 heavy (non-hydrogen) atoms. The van der Waals surface area contributed by atoms with Crippen molar-refractivity contribution in [3.8, 4) is 5.75 Å². The Labute approximate surface area is 181 Å². The molecule has 4 rings (SSSR count). The SMILES string of the molecule is CNC(=O)c1ccc(Cc2cc3c(c(Cl)c2C)OC[C@H]2CN(C)CCN2C3=O)cn1. The molecule has 3 heterocycles. The smallest absolute Gasteiger partial charge is 0.269 e. The number of amides is 2. The Balaban J connectivity index is 1.66. The standard InChI is InChI=1S/C22H25ClN4O3/c1-13-15(8-14-4-5-18(25-10-14)21(28)24-2)9-17-20(19(13)23)30-12-16-11-26(3)6-7-27(16)22(17)29/h4-5,9-10,16H,6-8,11-12H2,1-3H3,(H,24,28)/t16-/m1/s1. The summed E-state index contributed by atoms with van der Waals surface area (Å²) in [5, 5.41) is 3.04. The van der Waals surface area contributed by atoms with Crippen molar-refractivity contribution in [1.82, 2.24) is 20.1 Å². The van der Waals surface area contributed by atoms with Gasteiger partial charge in [-0.3, -0.25) is 14.6 Å². The number of pyridine rings is 1. The molecule has 7 nitrogen and oxygen atoms in total. The van der Waals surface area contributed by atoms with Crippen molar-refractivity contribution >= 4 is 23.4 Å². The van der Waals surface area contributed by atoms with Gasteiger partial charge in [0.05, 0.1) is 16.6 Å². The summed E-state index contributed by atoms with van der Waals surface area (Å²) in [6, 6.07) is 5.47. The number of ether oxygens (including phenoxy) is 1. The van der Waals surface area contributed by atoms with Gasteiger partial charge in [0.1, 0.15) is 12.3 Å². The van der Waals surface area contributed by atoms with E-state index in [9.17, 15) is 9.59 Å². The first-order chi connectivity index (χ1) is 14.4. The molecule has 1 fully saturated rings. The second-order valence-electron chi connectivity index (χ2n) is 7.88. The molecule has 1 saturated heterocycles. The van der Waals surface area contributed by atoms with Crippen LogP contribution in [0, 0.1) is 6.92 Å². The quantitative estimate of drug-likeness (QED) is 0.810. The first-order valence-corrected chi connectivity index (χ1v) is 10.4. The maximum Gasteiger partial charge on any atom is 0.269 e. The van der Waals surface area contributed by atoms with Crippen LogP contribution in [0.4, 0.5) is 0 Å². The van der Waals surface area contributed by atoms with Gasteiger partial charge < -0.3 is 19.9 Å². The summed E-state index contributed by atoms with van der Waals surface area (Å²) in [6.07, 6.45) is 2.23. The van der Waals surface area contributed by atoms with Gasteiger partial charge in [0.15, 0.2) is 5.75 Å². The first kappa shape index (κ1) is 20.6. The fraction of sp³-hybridized carbons (Fsp3) is 0.409. The summed E-state index contributed by atoms with van der Waals surface area (Å²) in [5.74, 6) is 0.222. The van der Waals surface area contributed by atoms with Crippen LogP contribution < -0.4 is 10.1 Å². The molecule has 1 atom stereocenters. The van der Waals surface area contributed by atoms with Gasteiger partial charge in [-0.05, 0) is 49.2 Å². The number of nitrogens with one attached hydrogen (secondary N) is 1. The van der Waals surface area contributed by atoms with Gasteiger partial charge in [0.2, 0.25) is 0 Å². The van der Waals surface area contributed by atoms with Crippen molar-refractivity contribution in [2.75, 3.05) is 40.3 Å². The minimum absolute atomic E-state index is 0.0185. The summed E-state index contributed by atoms with van der Waals surface area (Å²) < 4.78 is 6.03. The lowest BCUT2D eigenvalue weighted by molar-refractivity contribution is 0.0442. The minimum atomic E-state index is -0.227. The molecule has 0 saturated carbocycles. The minimum Gasteiger partial charge on any atom is -0.489 e. The van der Waals surface area contributed by atoms with Gasteiger partial charge in [-0.2, -0.15) is 0 Å². The van der Waals surface area contributed by atoms with Crippen LogP contribution in [0.25, 0.3) is 0 Å². The topological polar surface area (TPSA) is 74.8 Å². The molecule has 1 N–H and O–H groups in total. The van der Waals surface area contributed by atoms with E-state index in [-0.39, 0.29) is 17.9 Å². The Kier molecular flexibility index (Phi) is 5.66. The zero-order valence-corrected chi connectivity index (χ0v) is 18.1. The molecule has 0 unspecified atom stereocenters. The number of fused-ring (bicyclic) bond motifs is 2. The maximum absolute atomic E-state index is 13.3. The number of nitrogens with zero attached hydrogens (tertiary/aromatic N) is 3. The summed E-state index contributed by atoms with van der Waals surface area (Å²) in [4.78, 5) is 33.3. The van der Waals surface area contributed by atoms with E-state index >= 15 is 0 Å². The molecular formula is C22H25ClN4O3. The van der Waals surface area contributed by atoms with E-state index in [1.54, 1.807) is 19.3 Å². The van der Waals surface area contributed by atoms with Crippen LogP contribution in [0.2, 0.25) is 5.02 Å². The predicted octanol–water partition coefficient (Wildman–Crippen LogP) is 2.14. The second-order valence-corrected chi connectivity index (χ2v) is 8.26. The van der Waals surface area contributed by atoms with E-state index in [4.69, 9.17) is 16.3 Å². The zero-order valence-electron chi connectivity index (χ0n) is 17.4. The van der Waals surface area contributed by atoms with Gasteiger partial charge in [0, 0.05) is 32.9 Å². The Hall–Kier alpha value is -2.64. The van der Waals surface area contributed by atoms with Gasteiger partial charge >= 0.3 is 0 Å². The normalized spacial score (nSPS) is 18.9. The van der Waals surface area contributed by atoms with Crippen molar-refractivity contribution < 1.29 is 14.3 Å². The Morgan fingerprint density at radius 2 is 2.17 bits per heavy atom. The van der Waals surface area contributed by atoms with Crippen molar-refractivity contribution in [2.24, 2.45) is 0 Å². The number of benzene rings is 1. The third-order valence-corrected chi connectivity index (χ3v) is 6.30. The fourth-order valence-electron chi connectivity index (χ4n) is 4.03. The Bertz CT molecular complexity index is 993. The second kappa shape index (κ2) is 8.24. The maximum atomic E-state index is 13.3. The number of halogens is 1. The van der Waals surface area contributed by atoms with E-state index in [0.717, 1.165) is 29.8 Å². The monoisotopic (exact) mass is 428 g/mol. The molecule has 0 spiro atoms. The lowest BCUT2D eigenvalue weighted by Crippen LogP contribution is -2.55. The molecule has 1 aromatic heterocycles. The van der Waals surface area contributed by atoms with Crippen LogP contribution in [0.1, 0.15) is 37.5 Å². The van der Waals surface area contributed by atoms with Gasteiger partial charge in [-0.15, -0.1) is 0 Å². The van der Waals surface area contributed by atoms with Gasteiger partial charge in [0.25, 0.3) is 11.8 Å². The van der Waals surface area contributed by atoms with Crippen molar-refractivity contribution in [1.29, 1.82) is 0 Å². The fourth-order valence-corrected chi connectivity index (χ4v) is 4.31. The predicted molar refractivity (Wildman–Crippen MR) is 114 cm³/mol. The third kappa shape index (κ3) is 3.75. The van der Waals surface area contributed by atoms with Crippen LogP contribution in [0.15, 0.2) is 24.4 Å². The summed E-state index contributed by atoms with van der Waals surface area (Å²) >= 11 is 6.66. The number of rotatable bonds is 3. The highest BCUT2D eigenvalue weighted by atomic mass is 35.5. The van der Waals surface area contributed by atoms with Crippen LogP contribution >= 0.6 is 11.6 Å². The van der Waals surface area contributed by atoms with E-state index in [1.807, 2.05) is 24.0 Å². The molecule has 2 aliphatic heterocycles. The van der Waals surface area contributed by atoms with Gasteiger partial charge in [-0.1, -0.05) is 17.7 Å². The first-order valence-electron chi connectivity index (χ1n) is 10.00. The average Bonchev–Trinajstić information content (AvgIpc) is 2.88. The van der Waals surface area contributed by atoms with Crippen LogP contribution in [0.3, 0.4) is 0 Å². The number of hydrogen-bond acceptors (Lipinski definition) is 5. The number of hydrogen-bond donors (Lipinski definition) is 1. The molecule has 158 valence electrons.